The fourth-order valence-electron chi connectivity index (χ4n) is 2.07. The third-order valence-corrected chi connectivity index (χ3v) is 3.77. The van der Waals surface area contributed by atoms with Crippen molar-refractivity contribution in [3.8, 4) is 5.75 Å². The molecule has 1 N–H and O–H groups in total. The molecule has 0 saturated carbocycles. The van der Waals surface area contributed by atoms with Gasteiger partial charge in [-0.3, -0.25) is 4.79 Å². The first kappa shape index (κ1) is 17.3. The van der Waals surface area contributed by atoms with Gasteiger partial charge in [0.1, 0.15) is 11.6 Å². The highest BCUT2D eigenvalue weighted by molar-refractivity contribution is 9.10. The van der Waals surface area contributed by atoms with Gasteiger partial charge in [0.05, 0.1) is 0 Å². The predicted octanol–water partition coefficient (Wildman–Crippen LogP) is 2.99. The molecule has 1 atom stereocenters. The molecule has 2 aromatic rings. The standard InChI is InChI=1S/C17H20BrN3O2/c1-12(23-15-8-6-14(18)7-9-15)17(22)20-11-13-5-4-10-19-16(13)21(2)3/h4-10,12H,11H2,1-3H3,(H,20,22). The Morgan fingerprint density at radius 3 is 2.65 bits per heavy atom. The Labute approximate surface area is 144 Å². The third kappa shape index (κ3) is 4.96. The smallest absolute Gasteiger partial charge is 0.261 e. The van der Waals surface area contributed by atoms with E-state index in [1.54, 1.807) is 13.1 Å². The van der Waals surface area contributed by atoms with Gasteiger partial charge in [-0.15, -0.1) is 0 Å². The number of anilines is 1. The summed E-state index contributed by atoms with van der Waals surface area (Å²) in [7, 11) is 3.85. The van der Waals surface area contributed by atoms with Gasteiger partial charge in [0.15, 0.2) is 6.10 Å². The summed E-state index contributed by atoms with van der Waals surface area (Å²) in [4.78, 5) is 18.4. The number of rotatable bonds is 6. The molecular weight excluding hydrogens is 358 g/mol. The molecule has 0 aliphatic carbocycles. The first-order chi connectivity index (χ1) is 11.0. The SMILES string of the molecule is CC(Oc1ccc(Br)cc1)C(=O)NCc1cccnc1N(C)C. The molecule has 1 aromatic heterocycles. The number of hydrogen-bond acceptors (Lipinski definition) is 4. The molecule has 1 unspecified atom stereocenters. The van der Waals surface area contributed by atoms with Crippen molar-refractivity contribution in [3.05, 3.63) is 52.6 Å². The Bertz CT molecular complexity index is 659. The van der Waals surface area contributed by atoms with Crippen LogP contribution in [0.2, 0.25) is 0 Å². The second kappa shape index (κ2) is 7.97. The van der Waals surface area contributed by atoms with Gasteiger partial charge < -0.3 is 15.0 Å². The van der Waals surface area contributed by atoms with E-state index >= 15 is 0 Å². The summed E-state index contributed by atoms with van der Waals surface area (Å²) in [5.41, 5.74) is 0.960. The first-order valence-electron chi connectivity index (χ1n) is 7.28. The number of aromatic nitrogens is 1. The predicted molar refractivity (Wildman–Crippen MR) is 94.6 cm³/mol. The summed E-state index contributed by atoms with van der Waals surface area (Å²) in [6, 6.07) is 11.2. The Hall–Kier alpha value is -2.08. The van der Waals surface area contributed by atoms with Gasteiger partial charge in [-0.05, 0) is 37.3 Å². The van der Waals surface area contributed by atoms with Crippen molar-refractivity contribution in [1.29, 1.82) is 0 Å². The zero-order valence-corrected chi connectivity index (χ0v) is 15.0. The lowest BCUT2D eigenvalue weighted by Crippen LogP contribution is -2.36. The van der Waals surface area contributed by atoms with Crippen LogP contribution in [-0.2, 0) is 11.3 Å². The minimum absolute atomic E-state index is 0.165. The van der Waals surface area contributed by atoms with Crippen LogP contribution in [-0.4, -0.2) is 31.1 Å². The summed E-state index contributed by atoms with van der Waals surface area (Å²) < 4.78 is 6.61. The summed E-state index contributed by atoms with van der Waals surface area (Å²) in [5.74, 6) is 1.34. The van der Waals surface area contributed by atoms with E-state index in [1.165, 1.54) is 0 Å². The fourth-order valence-corrected chi connectivity index (χ4v) is 2.33. The highest BCUT2D eigenvalue weighted by atomic mass is 79.9. The molecule has 5 nitrogen and oxygen atoms in total. The van der Waals surface area contributed by atoms with Crippen LogP contribution in [0.15, 0.2) is 47.1 Å². The van der Waals surface area contributed by atoms with Gasteiger partial charge in [0.25, 0.3) is 5.91 Å². The van der Waals surface area contributed by atoms with Crippen molar-refractivity contribution in [2.75, 3.05) is 19.0 Å². The van der Waals surface area contributed by atoms with Crippen LogP contribution in [0.1, 0.15) is 12.5 Å². The lowest BCUT2D eigenvalue weighted by atomic mass is 10.2. The van der Waals surface area contributed by atoms with Crippen molar-refractivity contribution >= 4 is 27.7 Å². The van der Waals surface area contributed by atoms with Crippen LogP contribution in [0.4, 0.5) is 5.82 Å². The summed E-state index contributed by atoms with van der Waals surface area (Å²) >= 11 is 3.36. The van der Waals surface area contributed by atoms with Crippen molar-refractivity contribution in [2.45, 2.75) is 19.6 Å². The van der Waals surface area contributed by atoms with E-state index < -0.39 is 6.10 Å². The molecule has 1 amide bonds. The number of nitrogens with zero attached hydrogens (tertiary/aromatic N) is 2. The maximum atomic E-state index is 12.2. The number of amides is 1. The maximum Gasteiger partial charge on any atom is 0.261 e. The second-order valence-corrected chi connectivity index (χ2v) is 6.23. The number of carbonyl (C=O) groups is 1. The van der Waals surface area contributed by atoms with Crippen LogP contribution in [0.3, 0.4) is 0 Å². The molecule has 0 aliphatic heterocycles. The maximum absolute atomic E-state index is 12.2. The minimum Gasteiger partial charge on any atom is -0.481 e. The normalized spacial score (nSPS) is 11.7. The quantitative estimate of drug-likeness (QED) is 0.840. The van der Waals surface area contributed by atoms with Crippen LogP contribution >= 0.6 is 15.9 Å². The van der Waals surface area contributed by atoms with E-state index in [0.29, 0.717) is 12.3 Å². The van der Waals surface area contributed by atoms with Gasteiger partial charge >= 0.3 is 0 Å². The van der Waals surface area contributed by atoms with E-state index in [4.69, 9.17) is 4.74 Å². The van der Waals surface area contributed by atoms with Crippen molar-refractivity contribution in [1.82, 2.24) is 10.3 Å². The number of halogens is 1. The van der Waals surface area contributed by atoms with Crippen LogP contribution < -0.4 is 15.0 Å². The van der Waals surface area contributed by atoms with Crippen LogP contribution in [0.25, 0.3) is 0 Å². The Kier molecular flexibility index (Phi) is 5.98. The second-order valence-electron chi connectivity index (χ2n) is 5.31. The molecule has 2 rings (SSSR count). The molecule has 1 heterocycles. The highest BCUT2D eigenvalue weighted by Crippen LogP contribution is 2.18. The molecule has 23 heavy (non-hydrogen) atoms. The van der Waals surface area contributed by atoms with Crippen LogP contribution in [0.5, 0.6) is 5.75 Å². The molecule has 0 radical (unpaired) electrons. The van der Waals surface area contributed by atoms with E-state index in [0.717, 1.165) is 15.9 Å². The van der Waals surface area contributed by atoms with Gasteiger partial charge in [-0.1, -0.05) is 22.0 Å². The number of benzene rings is 1. The molecule has 0 fully saturated rings. The molecule has 1 aromatic carbocycles. The highest BCUT2D eigenvalue weighted by Gasteiger charge is 2.15. The van der Waals surface area contributed by atoms with Gasteiger partial charge in [0, 0.05) is 36.9 Å². The van der Waals surface area contributed by atoms with Crippen molar-refractivity contribution in [2.24, 2.45) is 0 Å². The Morgan fingerprint density at radius 1 is 1.30 bits per heavy atom. The molecule has 0 saturated heterocycles. The van der Waals surface area contributed by atoms with Crippen molar-refractivity contribution in [3.63, 3.8) is 0 Å². The topological polar surface area (TPSA) is 54.5 Å². The number of carbonyl (C=O) groups excluding carboxylic acids is 1. The van der Waals surface area contributed by atoms with Gasteiger partial charge in [-0.2, -0.15) is 0 Å². The van der Waals surface area contributed by atoms with Gasteiger partial charge in [0.2, 0.25) is 0 Å². The molecule has 122 valence electrons. The average Bonchev–Trinajstić information content (AvgIpc) is 2.54. The molecular formula is C17H20BrN3O2. The van der Waals surface area contributed by atoms with Crippen LogP contribution in [0, 0.1) is 0 Å². The Morgan fingerprint density at radius 2 is 2.00 bits per heavy atom. The van der Waals surface area contributed by atoms with Gasteiger partial charge in [-0.25, -0.2) is 4.98 Å². The molecule has 0 aliphatic rings. The first-order valence-corrected chi connectivity index (χ1v) is 8.08. The number of pyridine rings is 1. The lowest BCUT2D eigenvalue weighted by Gasteiger charge is -2.18. The summed E-state index contributed by atoms with van der Waals surface area (Å²) in [6.07, 6.45) is 1.16. The van der Waals surface area contributed by atoms with E-state index in [2.05, 4.69) is 26.2 Å². The zero-order valence-electron chi connectivity index (χ0n) is 13.4. The van der Waals surface area contributed by atoms with E-state index in [1.807, 2.05) is 55.4 Å². The molecule has 0 spiro atoms. The average molecular weight is 378 g/mol. The zero-order chi connectivity index (χ0) is 16.8. The summed E-state index contributed by atoms with van der Waals surface area (Å²) in [5, 5.41) is 2.89. The largest absolute Gasteiger partial charge is 0.481 e. The van der Waals surface area contributed by atoms with E-state index in [9.17, 15) is 4.79 Å². The third-order valence-electron chi connectivity index (χ3n) is 3.24. The number of nitrogens with one attached hydrogen (secondary N) is 1. The Balaban J connectivity index is 1.93. The van der Waals surface area contributed by atoms with E-state index in [-0.39, 0.29) is 5.91 Å². The lowest BCUT2D eigenvalue weighted by molar-refractivity contribution is -0.127. The number of hydrogen-bond donors (Lipinski definition) is 1. The summed E-state index contributed by atoms with van der Waals surface area (Å²) in [6.45, 7) is 2.14. The number of ether oxygens (including phenoxy) is 1. The fraction of sp³-hybridized carbons (Fsp3) is 0.294. The molecule has 0 bridgehead atoms. The monoisotopic (exact) mass is 377 g/mol. The minimum atomic E-state index is -0.573. The molecule has 6 heteroatoms. The van der Waals surface area contributed by atoms with Crippen molar-refractivity contribution < 1.29 is 9.53 Å².